The van der Waals surface area contributed by atoms with Crippen LogP contribution in [0.2, 0.25) is 0 Å². The lowest BCUT2D eigenvalue weighted by Gasteiger charge is -2.12. The Morgan fingerprint density at radius 1 is 1.22 bits per heavy atom. The van der Waals surface area contributed by atoms with Crippen molar-refractivity contribution in [3.8, 4) is 5.82 Å². The molecule has 0 spiro atoms. The zero-order chi connectivity index (χ0) is 16.4. The molecule has 0 aliphatic carbocycles. The second-order valence-electron chi connectivity index (χ2n) is 5.35. The van der Waals surface area contributed by atoms with Crippen molar-refractivity contribution in [2.75, 3.05) is 5.32 Å². The largest absolute Gasteiger partial charge is 0.321 e. The first-order valence-electron chi connectivity index (χ1n) is 7.31. The Morgan fingerprint density at radius 2 is 2.04 bits per heavy atom. The number of imidazole rings is 1. The number of carbonyl (C=O) groups is 1. The van der Waals surface area contributed by atoms with Crippen molar-refractivity contribution in [2.24, 2.45) is 0 Å². The number of anilines is 1. The van der Waals surface area contributed by atoms with E-state index in [0.717, 1.165) is 17.2 Å². The van der Waals surface area contributed by atoms with E-state index >= 15 is 0 Å². The van der Waals surface area contributed by atoms with Crippen molar-refractivity contribution < 1.29 is 4.79 Å². The molecular weight excluding hydrogens is 292 g/mol. The third-order valence-electron chi connectivity index (χ3n) is 3.51. The van der Waals surface area contributed by atoms with Crippen LogP contribution in [0.4, 0.5) is 5.69 Å². The van der Waals surface area contributed by atoms with Gasteiger partial charge in [0.1, 0.15) is 12.4 Å². The van der Waals surface area contributed by atoms with E-state index in [0.29, 0.717) is 11.5 Å². The minimum Gasteiger partial charge on any atom is -0.321 e. The van der Waals surface area contributed by atoms with Crippen LogP contribution in [0.1, 0.15) is 17.2 Å². The average molecular weight is 310 g/mol. The van der Waals surface area contributed by atoms with Gasteiger partial charge in [-0.2, -0.15) is 5.10 Å². The monoisotopic (exact) mass is 310 g/mol. The molecule has 1 amide bonds. The number of nitrogens with one attached hydrogen (secondary N) is 1. The fourth-order valence-corrected chi connectivity index (χ4v) is 2.45. The molecule has 0 aliphatic heterocycles. The van der Waals surface area contributed by atoms with Gasteiger partial charge in [0, 0.05) is 24.3 Å². The van der Waals surface area contributed by atoms with Crippen LogP contribution < -0.4 is 5.32 Å². The van der Waals surface area contributed by atoms with Crippen LogP contribution in [-0.2, 0) is 11.3 Å². The van der Waals surface area contributed by atoms with Crippen LogP contribution in [0.3, 0.4) is 0 Å². The Hall–Kier alpha value is -2.96. The highest BCUT2D eigenvalue weighted by Gasteiger charge is 2.12. The lowest BCUT2D eigenvalue weighted by atomic mass is 10.3. The first kappa shape index (κ1) is 15.0. The topological polar surface area (TPSA) is 77.6 Å². The zero-order valence-electron chi connectivity index (χ0n) is 13.3. The molecule has 118 valence electrons. The Labute approximate surface area is 134 Å². The van der Waals surface area contributed by atoms with E-state index in [2.05, 4.69) is 20.4 Å². The molecule has 7 heteroatoms. The lowest BCUT2D eigenvalue weighted by Crippen LogP contribution is -2.21. The maximum Gasteiger partial charge on any atom is 0.246 e. The van der Waals surface area contributed by atoms with E-state index in [1.165, 1.54) is 0 Å². The maximum atomic E-state index is 12.3. The number of aryl methyl sites for hydroxylation is 3. The molecule has 23 heavy (non-hydrogen) atoms. The van der Waals surface area contributed by atoms with Crippen molar-refractivity contribution in [1.29, 1.82) is 0 Å². The van der Waals surface area contributed by atoms with E-state index < -0.39 is 0 Å². The number of hydrogen-bond acceptors (Lipinski definition) is 4. The maximum absolute atomic E-state index is 12.3. The van der Waals surface area contributed by atoms with Gasteiger partial charge in [0.05, 0.1) is 11.4 Å². The first-order chi connectivity index (χ1) is 11.0. The summed E-state index contributed by atoms with van der Waals surface area (Å²) in [5.41, 5.74) is 2.49. The van der Waals surface area contributed by atoms with Crippen LogP contribution in [0.15, 0.2) is 36.8 Å². The van der Waals surface area contributed by atoms with Gasteiger partial charge >= 0.3 is 0 Å². The average Bonchev–Trinajstić information content (AvgIpc) is 3.05. The zero-order valence-corrected chi connectivity index (χ0v) is 13.3. The second kappa shape index (κ2) is 6.04. The highest BCUT2D eigenvalue weighted by Crippen LogP contribution is 2.18. The number of aromatic nitrogens is 5. The van der Waals surface area contributed by atoms with Crippen molar-refractivity contribution in [2.45, 2.75) is 27.3 Å². The van der Waals surface area contributed by atoms with Gasteiger partial charge in [0.2, 0.25) is 5.91 Å². The van der Waals surface area contributed by atoms with E-state index in [1.807, 2.05) is 43.7 Å². The van der Waals surface area contributed by atoms with Crippen molar-refractivity contribution >= 4 is 11.6 Å². The van der Waals surface area contributed by atoms with Crippen LogP contribution in [0, 0.1) is 20.8 Å². The Kier molecular flexibility index (Phi) is 3.92. The Bertz CT molecular complexity index is 848. The Balaban J connectivity index is 1.82. The number of rotatable bonds is 4. The predicted molar refractivity (Wildman–Crippen MR) is 86.4 cm³/mol. The molecule has 1 N–H and O–H groups in total. The molecule has 0 aromatic carbocycles. The fourth-order valence-electron chi connectivity index (χ4n) is 2.45. The standard InChI is InChI=1S/C16H18N6O/c1-11-9-12(2)22(20-11)10-15(23)19-14-5-4-6-18-16(14)21-8-7-17-13(21)3/h4-9H,10H2,1-3H3,(H,19,23). The highest BCUT2D eigenvalue weighted by atomic mass is 16.2. The molecule has 3 rings (SSSR count). The smallest absolute Gasteiger partial charge is 0.246 e. The second-order valence-corrected chi connectivity index (χ2v) is 5.35. The van der Waals surface area contributed by atoms with Gasteiger partial charge in [-0.3, -0.25) is 14.0 Å². The molecule has 0 fully saturated rings. The quantitative estimate of drug-likeness (QED) is 0.800. The van der Waals surface area contributed by atoms with Gasteiger partial charge in [0.15, 0.2) is 5.82 Å². The molecule has 3 heterocycles. The number of pyridine rings is 1. The first-order valence-corrected chi connectivity index (χ1v) is 7.31. The van der Waals surface area contributed by atoms with Crippen LogP contribution in [0.5, 0.6) is 0 Å². The molecule has 0 unspecified atom stereocenters. The van der Waals surface area contributed by atoms with Gasteiger partial charge in [0.25, 0.3) is 0 Å². The minimum atomic E-state index is -0.150. The molecule has 0 bridgehead atoms. The van der Waals surface area contributed by atoms with Crippen LogP contribution in [0.25, 0.3) is 5.82 Å². The summed E-state index contributed by atoms with van der Waals surface area (Å²) >= 11 is 0. The third kappa shape index (κ3) is 3.13. The van der Waals surface area contributed by atoms with Crippen molar-refractivity contribution in [3.63, 3.8) is 0 Å². The van der Waals surface area contributed by atoms with E-state index in [1.54, 1.807) is 23.1 Å². The van der Waals surface area contributed by atoms with Crippen molar-refractivity contribution in [3.05, 3.63) is 54.0 Å². The molecule has 3 aromatic heterocycles. The highest BCUT2D eigenvalue weighted by molar-refractivity contribution is 5.92. The number of nitrogens with zero attached hydrogens (tertiary/aromatic N) is 5. The molecule has 7 nitrogen and oxygen atoms in total. The summed E-state index contributed by atoms with van der Waals surface area (Å²) in [6, 6.07) is 5.55. The third-order valence-corrected chi connectivity index (χ3v) is 3.51. The van der Waals surface area contributed by atoms with Crippen molar-refractivity contribution in [1.82, 2.24) is 24.3 Å². The van der Waals surface area contributed by atoms with Gasteiger partial charge < -0.3 is 5.32 Å². The molecule has 0 radical (unpaired) electrons. The fraction of sp³-hybridized carbons (Fsp3) is 0.250. The van der Waals surface area contributed by atoms with E-state index in [-0.39, 0.29) is 12.5 Å². The number of carbonyl (C=O) groups excluding carboxylic acids is 1. The summed E-state index contributed by atoms with van der Waals surface area (Å²) in [5.74, 6) is 1.30. The van der Waals surface area contributed by atoms with E-state index in [9.17, 15) is 4.79 Å². The predicted octanol–water partition coefficient (Wildman–Crippen LogP) is 2.03. The molecular formula is C16H18N6O. The molecule has 0 atom stereocenters. The summed E-state index contributed by atoms with van der Waals surface area (Å²) in [7, 11) is 0. The van der Waals surface area contributed by atoms with Crippen LogP contribution in [-0.4, -0.2) is 30.2 Å². The van der Waals surface area contributed by atoms with E-state index in [4.69, 9.17) is 0 Å². The number of hydrogen-bond donors (Lipinski definition) is 1. The summed E-state index contributed by atoms with van der Waals surface area (Å²) in [6.45, 7) is 5.88. The summed E-state index contributed by atoms with van der Waals surface area (Å²) in [6.07, 6.45) is 5.20. The van der Waals surface area contributed by atoms with Gasteiger partial charge in [-0.15, -0.1) is 0 Å². The van der Waals surface area contributed by atoms with Gasteiger partial charge in [-0.1, -0.05) is 0 Å². The van der Waals surface area contributed by atoms with Gasteiger partial charge in [-0.25, -0.2) is 9.97 Å². The normalized spacial score (nSPS) is 10.7. The lowest BCUT2D eigenvalue weighted by molar-refractivity contribution is -0.116. The molecule has 3 aromatic rings. The SMILES string of the molecule is Cc1cc(C)n(CC(=O)Nc2cccnc2-n2ccnc2C)n1. The summed E-state index contributed by atoms with van der Waals surface area (Å²) < 4.78 is 3.52. The molecule has 0 saturated heterocycles. The Morgan fingerprint density at radius 3 is 2.70 bits per heavy atom. The minimum absolute atomic E-state index is 0.150. The van der Waals surface area contributed by atoms with Gasteiger partial charge in [-0.05, 0) is 39.0 Å². The summed E-state index contributed by atoms with van der Waals surface area (Å²) in [4.78, 5) is 20.9. The number of amides is 1. The van der Waals surface area contributed by atoms with Crippen LogP contribution >= 0.6 is 0 Å². The summed E-state index contributed by atoms with van der Waals surface area (Å²) in [5, 5.41) is 7.20. The molecule has 0 aliphatic rings. The molecule has 0 saturated carbocycles.